The van der Waals surface area contributed by atoms with Crippen molar-refractivity contribution in [3.63, 3.8) is 0 Å². The molecule has 4 bridgehead atoms. The summed E-state index contributed by atoms with van der Waals surface area (Å²) in [5, 5.41) is 5.91. The molecule has 2 N–H and O–H groups in total. The van der Waals surface area contributed by atoms with Crippen molar-refractivity contribution in [3.05, 3.63) is 59.7 Å². The number of rotatable bonds is 6. The zero-order valence-corrected chi connectivity index (χ0v) is 19.7. The summed E-state index contributed by atoms with van der Waals surface area (Å²) in [6, 6.07) is 13.3. The molecule has 2 aromatic carbocycles. The zero-order chi connectivity index (χ0) is 23.2. The maximum atomic E-state index is 13.1. The van der Waals surface area contributed by atoms with Crippen LogP contribution in [0, 0.1) is 23.2 Å². The molecule has 0 saturated heterocycles. The molecule has 0 aliphatic heterocycles. The minimum Gasteiger partial charge on any atom is -0.352 e. The number of hydrogen-bond donors (Lipinski definition) is 2. The summed E-state index contributed by atoms with van der Waals surface area (Å²) >= 11 is 0. The number of carbonyl (C=O) groups excluding carboxylic acids is 2. The first-order valence-electron chi connectivity index (χ1n) is 11.7. The van der Waals surface area contributed by atoms with Gasteiger partial charge in [-0.05, 0) is 92.2 Å². The first kappa shape index (κ1) is 22.1. The summed E-state index contributed by atoms with van der Waals surface area (Å²) in [6.45, 7) is 0.457. The Morgan fingerprint density at radius 2 is 1.55 bits per heavy atom. The second-order valence-corrected chi connectivity index (χ2v) is 12.3. The fourth-order valence-electron chi connectivity index (χ4n) is 6.54. The Labute approximate surface area is 195 Å². The molecule has 6 rings (SSSR count). The molecule has 174 valence electrons. The molecule has 4 saturated carbocycles. The van der Waals surface area contributed by atoms with Crippen LogP contribution in [0.25, 0.3) is 0 Å². The Morgan fingerprint density at radius 1 is 0.939 bits per heavy atom. The molecule has 4 fully saturated rings. The molecule has 4 aliphatic rings. The first-order chi connectivity index (χ1) is 15.7. The lowest BCUT2D eigenvalue weighted by Crippen LogP contribution is -2.53. The molecule has 4 aliphatic carbocycles. The summed E-state index contributed by atoms with van der Waals surface area (Å²) in [7, 11) is -3.35. The third kappa shape index (κ3) is 4.56. The van der Waals surface area contributed by atoms with Gasteiger partial charge in [0.2, 0.25) is 5.91 Å². The maximum Gasteiger partial charge on any atom is 0.255 e. The van der Waals surface area contributed by atoms with Crippen LogP contribution in [0.2, 0.25) is 0 Å². The Bertz CT molecular complexity index is 1150. The van der Waals surface area contributed by atoms with E-state index >= 15 is 0 Å². The average Bonchev–Trinajstić information content (AvgIpc) is 2.76. The lowest BCUT2D eigenvalue weighted by Gasteiger charge is -2.55. The van der Waals surface area contributed by atoms with Crippen molar-refractivity contribution >= 4 is 27.3 Å². The number of hydrogen-bond acceptors (Lipinski definition) is 4. The van der Waals surface area contributed by atoms with E-state index in [9.17, 15) is 18.0 Å². The van der Waals surface area contributed by atoms with Crippen LogP contribution in [0.1, 0.15) is 54.4 Å². The van der Waals surface area contributed by atoms with E-state index in [1.54, 1.807) is 24.3 Å². The number of anilines is 1. The highest BCUT2D eigenvalue weighted by molar-refractivity contribution is 7.90. The van der Waals surface area contributed by atoms with Crippen LogP contribution >= 0.6 is 0 Å². The van der Waals surface area contributed by atoms with E-state index in [1.807, 2.05) is 12.1 Å². The van der Waals surface area contributed by atoms with Gasteiger partial charge in [0.25, 0.3) is 5.91 Å². The van der Waals surface area contributed by atoms with E-state index in [0.29, 0.717) is 17.8 Å². The summed E-state index contributed by atoms with van der Waals surface area (Å²) in [6.07, 6.45) is 8.21. The van der Waals surface area contributed by atoms with E-state index in [-0.39, 0.29) is 22.1 Å². The van der Waals surface area contributed by atoms with Gasteiger partial charge in [-0.3, -0.25) is 9.59 Å². The number of nitrogens with one attached hydrogen (secondary N) is 2. The number of carbonyl (C=O) groups is 2. The van der Waals surface area contributed by atoms with Crippen LogP contribution in [0.3, 0.4) is 0 Å². The van der Waals surface area contributed by atoms with Gasteiger partial charge >= 0.3 is 0 Å². The third-order valence-electron chi connectivity index (χ3n) is 7.71. The molecular formula is C26H30N2O4S. The maximum absolute atomic E-state index is 13.1. The van der Waals surface area contributed by atoms with Crippen LogP contribution in [0.4, 0.5) is 5.69 Å². The summed E-state index contributed by atoms with van der Waals surface area (Å²) in [4.78, 5) is 25.9. The van der Waals surface area contributed by atoms with Crippen LogP contribution in [-0.2, 0) is 21.2 Å². The van der Waals surface area contributed by atoms with Gasteiger partial charge in [0.1, 0.15) is 0 Å². The van der Waals surface area contributed by atoms with Crippen molar-refractivity contribution in [3.8, 4) is 0 Å². The molecule has 0 unspecified atom stereocenters. The second-order valence-electron chi connectivity index (χ2n) is 10.3. The molecule has 33 heavy (non-hydrogen) atoms. The van der Waals surface area contributed by atoms with Crippen LogP contribution in [-0.4, -0.2) is 26.5 Å². The Morgan fingerprint density at radius 3 is 2.12 bits per heavy atom. The molecule has 6 nitrogen and oxygen atoms in total. The summed E-state index contributed by atoms with van der Waals surface area (Å²) in [5.41, 5.74) is 1.68. The van der Waals surface area contributed by atoms with Crippen LogP contribution in [0.15, 0.2) is 53.4 Å². The molecule has 7 heteroatoms. The topological polar surface area (TPSA) is 92.3 Å². The quantitative estimate of drug-likeness (QED) is 0.668. The smallest absolute Gasteiger partial charge is 0.255 e. The highest BCUT2D eigenvalue weighted by Gasteiger charge is 2.54. The van der Waals surface area contributed by atoms with E-state index in [4.69, 9.17) is 0 Å². The van der Waals surface area contributed by atoms with Gasteiger partial charge in [-0.25, -0.2) is 8.42 Å². The molecule has 2 aromatic rings. The van der Waals surface area contributed by atoms with Gasteiger partial charge < -0.3 is 10.6 Å². The van der Waals surface area contributed by atoms with Crippen molar-refractivity contribution in [1.29, 1.82) is 0 Å². The molecule has 0 atom stereocenters. The number of benzene rings is 2. The highest BCUT2D eigenvalue weighted by Crippen LogP contribution is 2.60. The monoisotopic (exact) mass is 466 g/mol. The van der Waals surface area contributed by atoms with E-state index < -0.39 is 9.84 Å². The van der Waals surface area contributed by atoms with Gasteiger partial charge in [0.05, 0.1) is 4.90 Å². The zero-order valence-electron chi connectivity index (χ0n) is 18.8. The van der Waals surface area contributed by atoms with E-state index in [1.165, 1.54) is 31.4 Å². The van der Waals surface area contributed by atoms with Gasteiger partial charge in [-0.1, -0.05) is 18.2 Å². The molecule has 0 heterocycles. The molecule has 0 spiro atoms. The summed E-state index contributed by atoms with van der Waals surface area (Å²) in [5.74, 6) is 2.09. The van der Waals surface area contributed by atoms with Crippen molar-refractivity contribution < 1.29 is 18.0 Å². The highest BCUT2D eigenvalue weighted by atomic mass is 32.2. The minimum atomic E-state index is -3.35. The van der Waals surface area contributed by atoms with Gasteiger partial charge in [0.15, 0.2) is 9.84 Å². The average molecular weight is 467 g/mol. The normalized spacial score (nSPS) is 27.8. The largest absolute Gasteiger partial charge is 0.352 e. The van der Waals surface area contributed by atoms with Gasteiger partial charge in [-0.2, -0.15) is 0 Å². The fourth-order valence-corrected chi connectivity index (χ4v) is 7.21. The van der Waals surface area contributed by atoms with Crippen molar-refractivity contribution in [2.45, 2.75) is 50.0 Å². The lowest BCUT2D eigenvalue weighted by molar-refractivity contribution is -0.146. The van der Waals surface area contributed by atoms with Crippen molar-refractivity contribution in [2.24, 2.45) is 23.2 Å². The Kier molecular flexibility index (Phi) is 5.55. The molecule has 2 amide bonds. The fraction of sp³-hybridized carbons (Fsp3) is 0.462. The Hall–Kier alpha value is -2.67. The number of amides is 2. The van der Waals surface area contributed by atoms with E-state index in [0.717, 1.165) is 48.8 Å². The lowest BCUT2D eigenvalue weighted by atomic mass is 9.49. The van der Waals surface area contributed by atoms with E-state index in [2.05, 4.69) is 10.6 Å². The minimum absolute atomic E-state index is 0.158. The molecule has 0 aromatic heterocycles. The standard InChI is InChI=1S/C26H30N2O4S/c1-33(31,32)23-4-2-3-22(12-23)28-24(29)21-7-5-17(6-8-21)16-27-25(30)26-13-18-9-19(14-26)11-20(10-18)15-26/h2-8,12,18-20H,9-11,13-16H2,1H3,(H,27,30)(H,28,29). The molecule has 0 radical (unpaired) electrons. The second kappa shape index (κ2) is 8.28. The SMILES string of the molecule is CS(=O)(=O)c1cccc(NC(=O)c2ccc(CNC(=O)C34CC5CC(CC(C5)C3)C4)cc2)c1. The predicted octanol–water partition coefficient (Wildman–Crippen LogP) is 4.18. The molecular weight excluding hydrogens is 436 g/mol. The summed E-state index contributed by atoms with van der Waals surface area (Å²) < 4.78 is 23.4. The van der Waals surface area contributed by atoms with Crippen molar-refractivity contribution in [2.75, 3.05) is 11.6 Å². The predicted molar refractivity (Wildman–Crippen MR) is 126 cm³/mol. The van der Waals surface area contributed by atoms with Gasteiger partial charge in [0, 0.05) is 29.5 Å². The van der Waals surface area contributed by atoms with Gasteiger partial charge in [-0.15, -0.1) is 0 Å². The number of sulfone groups is 1. The Balaban J connectivity index is 1.19. The first-order valence-corrected chi connectivity index (χ1v) is 13.6. The van der Waals surface area contributed by atoms with Crippen molar-refractivity contribution in [1.82, 2.24) is 5.32 Å². The van der Waals surface area contributed by atoms with Crippen LogP contribution < -0.4 is 10.6 Å². The van der Waals surface area contributed by atoms with Crippen LogP contribution in [0.5, 0.6) is 0 Å². The third-order valence-corrected chi connectivity index (χ3v) is 8.82.